The van der Waals surface area contributed by atoms with Gasteiger partial charge in [0, 0.05) is 4.47 Å². The van der Waals surface area contributed by atoms with Crippen LogP contribution in [0.15, 0.2) is 40.9 Å². The lowest BCUT2D eigenvalue weighted by Crippen LogP contribution is -2.14. The Balaban J connectivity index is 2.38. The Morgan fingerprint density at radius 2 is 1.95 bits per heavy atom. The molecule has 2 nitrogen and oxygen atoms in total. The highest BCUT2D eigenvalue weighted by molar-refractivity contribution is 9.10. The number of benzene rings is 2. The van der Waals surface area contributed by atoms with Crippen LogP contribution in [-0.2, 0) is 0 Å². The number of halogens is 2. The lowest BCUT2D eigenvalue weighted by molar-refractivity contribution is 0.340. The van der Waals surface area contributed by atoms with Crippen LogP contribution in [0.5, 0.6) is 5.75 Å². The average molecular weight is 338 g/mol. The lowest BCUT2D eigenvalue weighted by atomic mass is 9.95. The SMILES string of the molecule is CCOc1ccc(C(N)c2cc(F)ccc2C)c(Br)c1. The molecule has 1 atom stereocenters. The minimum atomic E-state index is -0.379. The molecule has 2 aromatic rings. The maximum Gasteiger partial charge on any atom is 0.123 e. The Labute approximate surface area is 126 Å². The van der Waals surface area contributed by atoms with Gasteiger partial charge < -0.3 is 10.5 Å². The molecule has 0 spiro atoms. The van der Waals surface area contributed by atoms with Crippen molar-refractivity contribution in [3.63, 3.8) is 0 Å². The summed E-state index contributed by atoms with van der Waals surface area (Å²) in [6.07, 6.45) is 0. The second-order valence-electron chi connectivity index (χ2n) is 4.59. The van der Waals surface area contributed by atoms with E-state index in [9.17, 15) is 4.39 Å². The summed E-state index contributed by atoms with van der Waals surface area (Å²) in [7, 11) is 0. The van der Waals surface area contributed by atoms with Crippen molar-refractivity contribution in [3.05, 3.63) is 63.4 Å². The van der Waals surface area contributed by atoms with Gasteiger partial charge in [-0.25, -0.2) is 4.39 Å². The van der Waals surface area contributed by atoms with E-state index in [4.69, 9.17) is 10.5 Å². The molecule has 106 valence electrons. The molecular formula is C16H17BrFNO. The Bertz CT molecular complexity index is 615. The van der Waals surface area contributed by atoms with Crippen LogP contribution in [0.1, 0.15) is 29.7 Å². The Morgan fingerprint density at radius 1 is 1.20 bits per heavy atom. The van der Waals surface area contributed by atoms with Crippen LogP contribution in [0.4, 0.5) is 4.39 Å². The quantitative estimate of drug-likeness (QED) is 0.900. The molecular weight excluding hydrogens is 321 g/mol. The number of hydrogen-bond acceptors (Lipinski definition) is 2. The summed E-state index contributed by atoms with van der Waals surface area (Å²) in [5.41, 5.74) is 8.94. The topological polar surface area (TPSA) is 35.2 Å². The Morgan fingerprint density at radius 3 is 2.60 bits per heavy atom. The summed E-state index contributed by atoms with van der Waals surface area (Å²) in [4.78, 5) is 0. The van der Waals surface area contributed by atoms with Crippen molar-refractivity contribution in [2.75, 3.05) is 6.61 Å². The van der Waals surface area contributed by atoms with E-state index in [1.807, 2.05) is 32.0 Å². The molecule has 0 aliphatic heterocycles. The van der Waals surface area contributed by atoms with Crippen molar-refractivity contribution >= 4 is 15.9 Å². The largest absolute Gasteiger partial charge is 0.494 e. The van der Waals surface area contributed by atoms with Gasteiger partial charge in [0.2, 0.25) is 0 Å². The minimum absolute atomic E-state index is 0.275. The van der Waals surface area contributed by atoms with Crippen LogP contribution in [0.2, 0.25) is 0 Å². The predicted octanol–water partition coefficient (Wildman–Crippen LogP) is 4.34. The molecule has 0 bridgehead atoms. The van der Waals surface area contributed by atoms with Crippen LogP contribution in [-0.4, -0.2) is 6.61 Å². The average Bonchev–Trinajstić information content (AvgIpc) is 2.41. The number of rotatable bonds is 4. The van der Waals surface area contributed by atoms with Crippen LogP contribution in [0, 0.1) is 12.7 Å². The van der Waals surface area contributed by atoms with E-state index in [2.05, 4.69) is 15.9 Å². The third kappa shape index (κ3) is 3.19. The van der Waals surface area contributed by atoms with Gasteiger partial charge in [-0.05, 0) is 54.8 Å². The number of aryl methyl sites for hydroxylation is 1. The molecule has 2 aromatic carbocycles. The summed E-state index contributed by atoms with van der Waals surface area (Å²) in [6.45, 7) is 4.47. The fourth-order valence-electron chi connectivity index (χ4n) is 2.13. The minimum Gasteiger partial charge on any atom is -0.494 e. The molecule has 0 aromatic heterocycles. The van der Waals surface area contributed by atoms with Crippen molar-refractivity contribution < 1.29 is 9.13 Å². The first-order valence-corrected chi connectivity index (χ1v) is 7.26. The van der Waals surface area contributed by atoms with Crippen LogP contribution < -0.4 is 10.5 Å². The van der Waals surface area contributed by atoms with Crippen molar-refractivity contribution in [3.8, 4) is 5.75 Å². The van der Waals surface area contributed by atoms with E-state index in [1.165, 1.54) is 12.1 Å². The standard InChI is InChI=1S/C16H17BrFNO/c1-3-20-12-6-7-13(15(17)9-12)16(19)14-8-11(18)5-4-10(14)2/h4-9,16H,3,19H2,1-2H3. The first kappa shape index (κ1) is 15.0. The van der Waals surface area contributed by atoms with E-state index >= 15 is 0 Å². The van der Waals surface area contributed by atoms with Gasteiger partial charge in [0.15, 0.2) is 0 Å². The zero-order valence-corrected chi connectivity index (χ0v) is 13.1. The lowest BCUT2D eigenvalue weighted by Gasteiger charge is -2.17. The highest BCUT2D eigenvalue weighted by Gasteiger charge is 2.15. The summed E-state index contributed by atoms with van der Waals surface area (Å²) in [5.74, 6) is 0.509. The van der Waals surface area contributed by atoms with Crippen LogP contribution in [0.3, 0.4) is 0 Å². The molecule has 2 N–H and O–H groups in total. The monoisotopic (exact) mass is 337 g/mol. The van der Waals surface area contributed by atoms with Crippen LogP contribution >= 0.6 is 15.9 Å². The van der Waals surface area contributed by atoms with Crippen LogP contribution in [0.25, 0.3) is 0 Å². The van der Waals surface area contributed by atoms with E-state index in [0.717, 1.165) is 26.9 Å². The smallest absolute Gasteiger partial charge is 0.123 e. The molecule has 4 heteroatoms. The summed E-state index contributed by atoms with van der Waals surface area (Å²) in [5, 5.41) is 0. The summed E-state index contributed by atoms with van der Waals surface area (Å²) >= 11 is 3.50. The molecule has 0 heterocycles. The third-order valence-corrected chi connectivity index (χ3v) is 3.88. The Hall–Kier alpha value is -1.39. The maximum atomic E-state index is 13.4. The van der Waals surface area contributed by atoms with E-state index in [1.54, 1.807) is 6.07 Å². The zero-order chi connectivity index (χ0) is 14.7. The molecule has 1 unspecified atom stereocenters. The Kier molecular flexibility index (Phi) is 4.78. The van der Waals surface area contributed by atoms with Crippen molar-refractivity contribution in [1.82, 2.24) is 0 Å². The highest BCUT2D eigenvalue weighted by Crippen LogP contribution is 2.31. The number of ether oxygens (including phenoxy) is 1. The number of hydrogen-bond donors (Lipinski definition) is 1. The third-order valence-electron chi connectivity index (χ3n) is 3.19. The van der Waals surface area contributed by atoms with E-state index < -0.39 is 0 Å². The molecule has 0 fully saturated rings. The van der Waals surface area contributed by atoms with Gasteiger partial charge in [0.05, 0.1) is 12.6 Å². The fourth-order valence-corrected chi connectivity index (χ4v) is 2.73. The van der Waals surface area contributed by atoms with Gasteiger partial charge in [-0.15, -0.1) is 0 Å². The predicted molar refractivity (Wildman–Crippen MR) is 82.5 cm³/mol. The number of nitrogens with two attached hydrogens (primary N) is 1. The second-order valence-corrected chi connectivity index (χ2v) is 5.45. The summed E-state index contributed by atoms with van der Waals surface area (Å²) in [6, 6.07) is 9.96. The molecule has 0 saturated heterocycles. The molecule has 2 rings (SSSR count). The zero-order valence-electron chi connectivity index (χ0n) is 11.5. The van der Waals surface area contributed by atoms with Gasteiger partial charge in [-0.3, -0.25) is 0 Å². The first-order chi connectivity index (χ1) is 9.52. The van der Waals surface area contributed by atoms with Gasteiger partial charge in [-0.2, -0.15) is 0 Å². The normalized spacial score (nSPS) is 12.2. The molecule has 0 aliphatic carbocycles. The van der Waals surface area contributed by atoms with Crippen molar-refractivity contribution in [1.29, 1.82) is 0 Å². The fraction of sp³-hybridized carbons (Fsp3) is 0.250. The molecule has 0 radical (unpaired) electrons. The van der Waals surface area contributed by atoms with Gasteiger partial charge in [-0.1, -0.05) is 28.1 Å². The molecule has 0 amide bonds. The van der Waals surface area contributed by atoms with Gasteiger partial charge in [0.25, 0.3) is 0 Å². The van der Waals surface area contributed by atoms with Gasteiger partial charge >= 0.3 is 0 Å². The van der Waals surface area contributed by atoms with E-state index in [-0.39, 0.29) is 11.9 Å². The maximum absolute atomic E-state index is 13.4. The van der Waals surface area contributed by atoms with Crippen molar-refractivity contribution in [2.45, 2.75) is 19.9 Å². The van der Waals surface area contributed by atoms with Gasteiger partial charge in [0.1, 0.15) is 11.6 Å². The summed E-state index contributed by atoms with van der Waals surface area (Å²) < 4.78 is 19.7. The molecule has 20 heavy (non-hydrogen) atoms. The first-order valence-electron chi connectivity index (χ1n) is 6.46. The molecule has 0 saturated carbocycles. The van der Waals surface area contributed by atoms with Crippen molar-refractivity contribution in [2.24, 2.45) is 5.73 Å². The molecule has 0 aliphatic rings. The highest BCUT2D eigenvalue weighted by atomic mass is 79.9. The van der Waals surface area contributed by atoms with E-state index in [0.29, 0.717) is 6.61 Å². The second kappa shape index (κ2) is 6.37.